The highest BCUT2D eigenvalue weighted by Gasteiger charge is 2.46. The Morgan fingerprint density at radius 1 is 0.603 bits per heavy atom. The van der Waals surface area contributed by atoms with Gasteiger partial charge in [-0.15, -0.1) is 0 Å². The summed E-state index contributed by atoms with van der Waals surface area (Å²) in [5.74, 6) is -21.1. The van der Waals surface area contributed by atoms with Crippen LogP contribution < -0.4 is 64.6 Å². The van der Waals surface area contributed by atoms with E-state index in [0.717, 1.165) is 32.1 Å². The highest BCUT2D eigenvalue weighted by molar-refractivity contribution is 8.00. The van der Waals surface area contributed by atoms with E-state index in [1.807, 2.05) is 0 Å². The van der Waals surface area contributed by atoms with Crippen molar-refractivity contribution in [3.05, 3.63) is 72.1 Å². The van der Waals surface area contributed by atoms with E-state index < -0.39 is 275 Å². The molecule has 6 heterocycles. The van der Waals surface area contributed by atoms with E-state index in [1.165, 1.54) is 45.7 Å². The van der Waals surface area contributed by atoms with Crippen LogP contribution in [0.1, 0.15) is 98.1 Å². The number of amides is 11. The molecule has 16 unspecified atom stereocenters. The molecule has 638 valence electrons. The van der Waals surface area contributed by atoms with Crippen LogP contribution in [0.25, 0.3) is 21.8 Å². The third kappa shape index (κ3) is 25.0. The smallest absolute Gasteiger partial charge is 0.305 e. The first-order valence-corrected chi connectivity index (χ1v) is 43.9. The normalized spacial score (nSPS) is 29.1. The van der Waals surface area contributed by atoms with E-state index in [9.17, 15) is 89.7 Å². The average molecular weight is 1700 g/mol. The van der Waals surface area contributed by atoms with Crippen LogP contribution in [0, 0.1) is 23.7 Å². The van der Waals surface area contributed by atoms with Crippen LogP contribution in [0.3, 0.4) is 0 Å². The van der Waals surface area contributed by atoms with Crippen molar-refractivity contribution in [3.63, 3.8) is 0 Å². The lowest BCUT2D eigenvalue weighted by Crippen LogP contribution is -2.64. The minimum Gasteiger partial charge on any atom is -0.481 e. The van der Waals surface area contributed by atoms with E-state index in [0.29, 0.717) is 32.9 Å². The van der Waals surface area contributed by atoms with Crippen molar-refractivity contribution >= 4 is 148 Å². The lowest BCUT2D eigenvalue weighted by atomic mass is 9.92. The van der Waals surface area contributed by atoms with Crippen LogP contribution >= 0.6 is 23.5 Å². The molecule has 0 spiro atoms. The van der Waals surface area contributed by atoms with Gasteiger partial charge in [-0.05, 0) is 68.2 Å². The number of para-hydroxylation sites is 2. The molecule has 4 aliphatic rings. The molecule has 11 amide bonds. The van der Waals surface area contributed by atoms with Gasteiger partial charge in [0.1, 0.15) is 65.9 Å². The number of carbonyl (C=O) groups is 14. The second-order valence-electron chi connectivity index (χ2n) is 30.4. The van der Waals surface area contributed by atoms with Crippen molar-refractivity contribution in [1.82, 2.24) is 76.6 Å². The number of aromatic amines is 2. The molecular formula is C74H107N17O21S4. The summed E-state index contributed by atoms with van der Waals surface area (Å²) in [5, 5.41) is 61.0. The van der Waals surface area contributed by atoms with Crippen LogP contribution in [0.15, 0.2) is 60.9 Å². The molecule has 4 saturated heterocycles. The summed E-state index contributed by atoms with van der Waals surface area (Å²) in [6.45, 7) is 5.30. The summed E-state index contributed by atoms with van der Waals surface area (Å²) in [6.07, 6.45) is -1.19. The number of H-pyrrole nitrogens is 2. The van der Waals surface area contributed by atoms with Crippen molar-refractivity contribution in [2.75, 3.05) is 80.3 Å². The molecule has 16 atom stereocenters. The van der Waals surface area contributed by atoms with E-state index in [1.54, 1.807) is 68.6 Å². The molecule has 2 aromatic carbocycles. The van der Waals surface area contributed by atoms with Gasteiger partial charge in [0, 0.05) is 115 Å². The summed E-state index contributed by atoms with van der Waals surface area (Å²) in [4.78, 5) is 207. The number of rotatable bonds is 14. The summed E-state index contributed by atoms with van der Waals surface area (Å²) in [7, 11) is -9.24. The molecule has 42 heteroatoms. The van der Waals surface area contributed by atoms with Gasteiger partial charge in [0.2, 0.25) is 85.0 Å². The van der Waals surface area contributed by atoms with Gasteiger partial charge in [-0.1, -0.05) is 71.0 Å². The fourth-order valence-corrected chi connectivity index (χ4v) is 20.1. The minimum absolute atomic E-state index is 0.00868. The van der Waals surface area contributed by atoms with Gasteiger partial charge in [-0.3, -0.25) is 72.4 Å². The SMILES string of the molecule is CCC1CC(=O)C(C(C)O)NC(=O)C(CC(=O)C(C)N)CSCCS(=O)(=O)N2CCN3CC(O)(C2)NCC(NC1=O)C(=O)NC(Cc1c[nH]c2ccccc12)C(=O)NC(C(C)C)C(=O)NC(CC(=O)O)C(=O)NCC(=O)NC(Cc1c[nH]c2ccccc12)C(=O)NC(C(C)C)C(=O)N1CCCC1C(=O)NC(C(N)=O)CSCCS3(=O)=O. The van der Waals surface area contributed by atoms with Gasteiger partial charge in [-0.2, -0.15) is 32.1 Å². The summed E-state index contributed by atoms with van der Waals surface area (Å²) in [6, 6.07) is -1.94. The number of Topliss-reactive ketones (excluding diaryl/α,β-unsaturated/α-hetero) is 2. The number of sulfonamides is 2. The Morgan fingerprint density at radius 2 is 1.13 bits per heavy atom. The molecule has 38 nitrogen and oxygen atoms in total. The van der Waals surface area contributed by atoms with Crippen LogP contribution in [0.2, 0.25) is 0 Å². The highest BCUT2D eigenvalue weighted by atomic mass is 32.2. The number of hydrogen-bond acceptors (Lipinski definition) is 24. The van der Waals surface area contributed by atoms with E-state index in [2.05, 4.69) is 63.1 Å². The van der Waals surface area contributed by atoms with Crippen molar-refractivity contribution < 1.29 is 99.3 Å². The molecular weight excluding hydrogens is 1590 g/mol. The summed E-state index contributed by atoms with van der Waals surface area (Å²) < 4.78 is 60.6. The number of ketones is 2. The number of aliphatic carboxylic acids is 1. The molecule has 4 bridgehead atoms. The maximum absolute atomic E-state index is 15.5. The molecule has 4 aromatic rings. The second kappa shape index (κ2) is 41.3. The van der Waals surface area contributed by atoms with Crippen molar-refractivity contribution in [2.24, 2.45) is 35.1 Å². The molecule has 0 aliphatic carbocycles. The molecule has 0 saturated carbocycles. The summed E-state index contributed by atoms with van der Waals surface area (Å²) >= 11 is 1.77. The first kappa shape index (κ1) is 92.4. The first-order valence-electron chi connectivity index (χ1n) is 38.4. The third-order valence-corrected chi connectivity index (χ3v) is 27.1. The Balaban J connectivity index is 1.20. The maximum atomic E-state index is 15.5. The fourth-order valence-electron chi connectivity index (χ4n) is 14.0. The number of nitrogens with one attached hydrogen (secondary N) is 12. The average Bonchev–Trinajstić information content (AvgIpc) is 1.66. The predicted molar refractivity (Wildman–Crippen MR) is 428 cm³/mol. The Labute approximate surface area is 679 Å². The molecule has 116 heavy (non-hydrogen) atoms. The van der Waals surface area contributed by atoms with Gasteiger partial charge < -0.3 is 89.5 Å². The maximum Gasteiger partial charge on any atom is 0.305 e. The second-order valence-corrected chi connectivity index (χ2v) is 36.9. The number of nitrogens with two attached hydrogens (primary N) is 2. The van der Waals surface area contributed by atoms with Gasteiger partial charge in [0.25, 0.3) is 0 Å². The minimum atomic E-state index is -4.64. The predicted octanol–water partition coefficient (Wildman–Crippen LogP) is -3.97. The lowest BCUT2D eigenvalue weighted by molar-refractivity contribution is -0.143. The number of fused-ring (bicyclic) bond motifs is 7. The number of aromatic nitrogens is 2. The molecule has 0 radical (unpaired) electrons. The van der Waals surface area contributed by atoms with Gasteiger partial charge in [0.15, 0.2) is 5.78 Å². The Morgan fingerprint density at radius 3 is 1.66 bits per heavy atom. The molecule has 19 N–H and O–H groups in total. The van der Waals surface area contributed by atoms with Crippen LogP contribution in [0.4, 0.5) is 0 Å². The lowest BCUT2D eigenvalue weighted by Gasteiger charge is -2.35. The van der Waals surface area contributed by atoms with Gasteiger partial charge in [0.05, 0.1) is 55.6 Å². The zero-order valence-electron chi connectivity index (χ0n) is 65.6. The van der Waals surface area contributed by atoms with E-state index >= 15 is 9.59 Å². The topological polar surface area (TPSA) is 582 Å². The van der Waals surface area contributed by atoms with E-state index in [-0.39, 0.29) is 55.2 Å². The number of carbonyl (C=O) groups excluding carboxylic acids is 13. The number of carboxylic acids is 1. The number of thioether (sulfide) groups is 2. The number of hydrogen-bond donors (Lipinski definition) is 17. The zero-order valence-corrected chi connectivity index (χ0v) is 68.9. The summed E-state index contributed by atoms with van der Waals surface area (Å²) in [5.41, 5.74) is 11.2. The van der Waals surface area contributed by atoms with Crippen LogP contribution in [0.5, 0.6) is 0 Å². The van der Waals surface area contributed by atoms with Gasteiger partial charge >= 0.3 is 5.97 Å². The number of benzene rings is 2. The van der Waals surface area contributed by atoms with Crippen LogP contribution in [-0.4, -0.2) is 291 Å². The number of carboxylic acid groups (broad SMARTS) is 1. The zero-order chi connectivity index (χ0) is 85.3. The Kier molecular flexibility index (Phi) is 32.9. The molecule has 8 rings (SSSR count). The number of aliphatic hydroxyl groups excluding tert-OH is 1. The van der Waals surface area contributed by atoms with Crippen LogP contribution in [-0.2, 0) is 100 Å². The number of primary amides is 1. The molecule has 2 aromatic heterocycles. The number of nitrogens with zero attached hydrogens (tertiary/aromatic N) is 3. The monoisotopic (exact) mass is 1700 g/mol. The van der Waals surface area contributed by atoms with Crippen molar-refractivity contribution in [3.8, 4) is 0 Å². The highest BCUT2D eigenvalue weighted by Crippen LogP contribution is 2.27. The fraction of sp³-hybridized carbons (Fsp3) is 0.595. The van der Waals surface area contributed by atoms with Gasteiger partial charge in [-0.25, -0.2) is 16.8 Å². The van der Waals surface area contributed by atoms with Crippen molar-refractivity contribution in [1.29, 1.82) is 0 Å². The third-order valence-electron chi connectivity index (χ3n) is 20.8. The quantitative estimate of drug-likeness (QED) is 0.0573. The largest absolute Gasteiger partial charge is 0.481 e. The molecule has 4 aliphatic heterocycles. The Hall–Kier alpha value is -9.14. The standard InChI is InChI=1S/C74H107N17O21S4/c1-8-43-28-58(94)63(42(7)92)88-66(100)46(29-57(93)41(6)75)35-113-22-24-115(109,110)89-20-21-90-38-74(108,37-89)80-33-54(84-65(43)99)70(104)82-52(27-45-32-78-50-17-12-10-15-48(45)50)69(103)86-61(39(2)3)72(106)83-53(30-60(96)97)67(101)79-34-59(95)81-51(26-44-31-77-49-16-11-9-14-47(44)49)68(102)87-62(40(4)5)73(107)91-19-13-18-56(91)71(105)85-55(64(76)98)36-114-23-25-116(90,111)112/h9-12,14-17,31-32,39-43,46,51-56,61-63,77-78,80,92,108H,8,13,18-30,33-38,75H2,1-7H3,(H2,76,98)(H,79,101)(H,81,95)(H,82,104)(H,83,106)(H,84,99)(H,85,105)(H,86,103)(H,87,102)(H,88,100)(H,96,97). The van der Waals surface area contributed by atoms with Crippen molar-refractivity contribution in [2.45, 2.75) is 172 Å². The Bertz CT molecular complexity index is 4520. The van der Waals surface area contributed by atoms with E-state index in [4.69, 9.17) is 11.5 Å². The first-order chi connectivity index (χ1) is 54.7. The number of aliphatic hydroxyl groups is 2. The molecule has 4 fully saturated rings.